The first-order chi connectivity index (χ1) is 11.9. The van der Waals surface area contributed by atoms with E-state index in [0.717, 1.165) is 11.8 Å². The molecule has 0 amide bonds. The molecule has 8 heteroatoms. The first kappa shape index (κ1) is 18.9. The molecule has 0 spiro atoms. The molecule has 0 unspecified atom stereocenters. The second-order valence-electron chi connectivity index (χ2n) is 5.39. The second kappa shape index (κ2) is 8.57. The molecule has 1 heterocycles. The van der Waals surface area contributed by atoms with Gasteiger partial charge in [0.25, 0.3) is 0 Å². The Hall–Kier alpha value is -2.48. The lowest BCUT2D eigenvalue weighted by molar-refractivity contribution is -0.297. The summed E-state index contributed by atoms with van der Waals surface area (Å²) >= 11 is 0.930. The van der Waals surface area contributed by atoms with Crippen molar-refractivity contribution < 1.29 is 19.4 Å². The zero-order valence-electron chi connectivity index (χ0n) is 14.5. The molecule has 134 valence electrons. The number of aryl methyl sites for hydroxylation is 1. The molecule has 0 atom stereocenters. The summed E-state index contributed by atoms with van der Waals surface area (Å²) in [7, 11) is 1.53. The highest BCUT2D eigenvalue weighted by Gasteiger charge is 2.10. The molecule has 0 bridgehead atoms. The molecular formula is C17H20N3O4S-. The van der Waals surface area contributed by atoms with Crippen molar-refractivity contribution in [2.45, 2.75) is 38.5 Å². The predicted octanol–water partition coefficient (Wildman–Crippen LogP) is 2.05. The van der Waals surface area contributed by atoms with Crippen LogP contribution in [0.4, 0.5) is 0 Å². The minimum atomic E-state index is -1.30. The van der Waals surface area contributed by atoms with Crippen molar-refractivity contribution >= 4 is 23.8 Å². The van der Waals surface area contributed by atoms with Gasteiger partial charge in [-0.05, 0) is 49.4 Å². The average molecular weight is 362 g/mol. The molecule has 2 aromatic rings. The molecule has 1 aromatic carbocycles. The van der Waals surface area contributed by atoms with E-state index in [1.165, 1.54) is 13.2 Å². The van der Waals surface area contributed by atoms with Gasteiger partial charge >= 0.3 is 0 Å². The molecule has 1 aromatic heterocycles. The molecule has 0 aliphatic rings. The topological polar surface area (TPSA) is 100 Å². The fourth-order valence-corrected chi connectivity index (χ4v) is 2.71. The van der Waals surface area contributed by atoms with Crippen LogP contribution in [-0.2, 0) is 11.2 Å². The lowest BCUT2D eigenvalue weighted by Crippen LogP contribution is -2.23. The van der Waals surface area contributed by atoms with Crippen molar-refractivity contribution in [1.29, 1.82) is 0 Å². The van der Waals surface area contributed by atoms with E-state index in [2.05, 4.69) is 15.2 Å². The Kier molecular flexibility index (Phi) is 6.46. The molecule has 0 aliphatic heterocycles. The largest absolute Gasteiger partial charge is 0.544 e. The van der Waals surface area contributed by atoms with Crippen molar-refractivity contribution in [1.82, 2.24) is 15.2 Å². The highest BCUT2D eigenvalue weighted by molar-refractivity contribution is 8.04. The van der Waals surface area contributed by atoms with Crippen LogP contribution in [0.3, 0.4) is 0 Å². The molecule has 0 fully saturated rings. The van der Waals surface area contributed by atoms with Crippen LogP contribution in [-0.4, -0.2) is 34.4 Å². The van der Waals surface area contributed by atoms with Gasteiger partial charge in [0.15, 0.2) is 11.5 Å². The lowest BCUT2D eigenvalue weighted by Gasteiger charge is -2.14. The number of benzene rings is 1. The zero-order chi connectivity index (χ0) is 18.4. The number of carboxylic acid groups (broad SMARTS) is 1. The summed E-state index contributed by atoms with van der Waals surface area (Å²) in [5.74, 6) is 0.515. The quantitative estimate of drug-likeness (QED) is 0.566. The van der Waals surface area contributed by atoms with Crippen molar-refractivity contribution in [3.63, 3.8) is 0 Å². The summed E-state index contributed by atoms with van der Waals surface area (Å²) in [6, 6.07) is 5.19. The number of nitrogens with zero attached hydrogens (tertiary/aromatic N) is 2. The van der Waals surface area contributed by atoms with Crippen LogP contribution < -0.4 is 14.6 Å². The monoisotopic (exact) mass is 362 g/mol. The highest BCUT2D eigenvalue weighted by Crippen LogP contribution is 2.31. The predicted molar refractivity (Wildman–Crippen MR) is 93.4 cm³/mol. The van der Waals surface area contributed by atoms with Crippen molar-refractivity contribution in [2.24, 2.45) is 0 Å². The van der Waals surface area contributed by atoms with E-state index in [9.17, 15) is 9.90 Å². The third kappa shape index (κ3) is 5.25. The number of aliphatic carboxylic acids is 1. The van der Waals surface area contributed by atoms with E-state index < -0.39 is 5.97 Å². The molecule has 25 heavy (non-hydrogen) atoms. The van der Waals surface area contributed by atoms with Crippen molar-refractivity contribution in [3.05, 3.63) is 34.5 Å². The van der Waals surface area contributed by atoms with Gasteiger partial charge in [0.1, 0.15) is 5.82 Å². The van der Waals surface area contributed by atoms with Crippen LogP contribution in [0.1, 0.15) is 32.2 Å². The maximum Gasteiger partial charge on any atom is 0.213 e. The zero-order valence-corrected chi connectivity index (χ0v) is 15.3. The first-order valence-corrected chi connectivity index (χ1v) is 8.61. The third-order valence-electron chi connectivity index (χ3n) is 3.10. The number of methoxy groups -OCH3 is 1. The number of aromatic nitrogens is 3. The van der Waals surface area contributed by atoms with E-state index in [-0.39, 0.29) is 11.0 Å². The Morgan fingerprint density at radius 1 is 1.40 bits per heavy atom. The number of carbonyl (C=O) groups is 1. The summed E-state index contributed by atoms with van der Waals surface area (Å²) in [4.78, 5) is 15.6. The van der Waals surface area contributed by atoms with E-state index in [1.807, 2.05) is 20.8 Å². The molecule has 0 radical (unpaired) electrons. The maximum atomic E-state index is 11.4. The van der Waals surface area contributed by atoms with Gasteiger partial charge < -0.3 is 19.4 Å². The van der Waals surface area contributed by atoms with E-state index in [1.54, 1.807) is 18.2 Å². The second-order valence-corrected chi connectivity index (χ2v) is 6.40. The molecule has 0 saturated heterocycles. The standard InChI is InChI=1S/C17H21N3O4S/c1-5-15-18-17(20-19-15)25-14(16(21)22)9-11-6-7-12(24-10(2)3)13(8-11)23-4/h6-10H,5H2,1-4H3,(H,21,22)(H,18,19,20)/p-1/b14-9+. The third-order valence-corrected chi connectivity index (χ3v) is 3.97. The Morgan fingerprint density at radius 2 is 2.16 bits per heavy atom. The van der Waals surface area contributed by atoms with Crippen molar-refractivity contribution in [3.8, 4) is 11.5 Å². The number of hydrogen-bond acceptors (Lipinski definition) is 7. The minimum Gasteiger partial charge on any atom is -0.544 e. The SMILES string of the molecule is CCc1nc(S/C(=C/c2ccc(OC(C)C)c(OC)c2)C(=O)[O-])n[nH]1. The summed E-state index contributed by atoms with van der Waals surface area (Å²) < 4.78 is 11.0. The Balaban J connectivity index is 2.28. The van der Waals surface area contributed by atoms with Gasteiger partial charge in [-0.3, -0.25) is 5.10 Å². The molecule has 0 aliphatic carbocycles. The Bertz CT molecular complexity index is 771. The van der Waals surface area contributed by atoms with E-state index in [4.69, 9.17) is 9.47 Å². The highest BCUT2D eigenvalue weighted by atomic mass is 32.2. The number of ether oxygens (including phenoxy) is 2. The summed E-state index contributed by atoms with van der Waals surface area (Å²) in [5.41, 5.74) is 0.644. The molecule has 7 nitrogen and oxygen atoms in total. The van der Waals surface area contributed by atoms with Gasteiger partial charge in [-0.15, -0.1) is 5.10 Å². The van der Waals surface area contributed by atoms with Gasteiger partial charge in [0.05, 0.1) is 19.2 Å². The number of carboxylic acids is 1. The Labute approximate surface area is 150 Å². The average Bonchev–Trinajstić information content (AvgIpc) is 3.02. The summed E-state index contributed by atoms with van der Waals surface area (Å²) in [5, 5.41) is 18.5. The Morgan fingerprint density at radius 3 is 2.72 bits per heavy atom. The van der Waals surface area contributed by atoms with Gasteiger partial charge in [-0.2, -0.15) is 0 Å². The van der Waals surface area contributed by atoms with Crippen LogP contribution in [0, 0.1) is 0 Å². The molecule has 2 rings (SSSR count). The number of nitrogens with one attached hydrogen (secondary N) is 1. The van der Waals surface area contributed by atoms with Crippen LogP contribution in [0.5, 0.6) is 11.5 Å². The molecule has 1 N–H and O–H groups in total. The van der Waals surface area contributed by atoms with Crippen LogP contribution in [0.15, 0.2) is 28.3 Å². The fourth-order valence-electron chi connectivity index (χ4n) is 1.99. The number of aromatic amines is 1. The normalized spacial score (nSPS) is 11.6. The number of thioether (sulfide) groups is 1. The number of hydrogen-bond donors (Lipinski definition) is 1. The summed E-state index contributed by atoms with van der Waals surface area (Å²) in [6.45, 7) is 5.76. The first-order valence-electron chi connectivity index (χ1n) is 7.79. The van der Waals surface area contributed by atoms with E-state index in [0.29, 0.717) is 34.5 Å². The van der Waals surface area contributed by atoms with Crippen LogP contribution in [0.25, 0.3) is 6.08 Å². The van der Waals surface area contributed by atoms with Gasteiger partial charge in [-0.25, -0.2) is 4.98 Å². The molecular weight excluding hydrogens is 342 g/mol. The smallest absolute Gasteiger partial charge is 0.213 e. The lowest BCUT2D eigenvalue weighted by atomic mass is 10.2. The fraction of sp³-hybridized carbons (Fsp3) is 0.353. The minimum absolute atomic E-state index is 0.00114. The van der Waals surface area contributed by atoms with Crippen LogP contribution in [0.2, 0.25) is 0 Å². The van der Waals surface area contributed by atoms with Gasteiger partial charge in [0, 0.05) is 11.3 Å². The molecule has 0 saturated carbocycles. The maximum absolute atomic E-state index is 11.4. The van der Waals surface area contributed by atoms with Gasteiger partial charge in [-0.1, -0.05) is 13.0 Å². The number of rotatable bonds is 8. The van der Waals surface area contributed by atoms with Crippen molar-refractivity contribution in [2.75, 3.05) is 7.11 Å². The van der Waals surface area contributed by atoms with Gasteiger partial charge in [0.2, 0.25) is 5.16 Å². The van der Waals surface area contributed by atoms with E-state index >= 15 is 0 Å². The number of carbonyl (C=O) groups excluding carboxylic acids is 1. The number of H-pyrrole nitrogens is 1. The summed E-state index contributed by atoms with van der Waals surface area (Å²) in [6.07, 6.45) is 2.18. The van der Waals surface area contributed by atoms with Crippen LogP contribution >= 0.6 is 11.8 Å².